The van der Waals surface area contributed by atoms with Crippen LogP contribution in [0.2, 0.25) is 5.02 Å². The van der Waals surface area contributed by atoms with Gasteiger partial charge in [-0.25, -0.2) is 4.57 Å². The molecule has 0 aliphatic rings. The molecule has 0 bridgehead atoms. The molecule has 1 heterocycles. The van der Waals surface area contributed by atoms with Crippen LogP contribution in [0.5, 0.6) is 11.5 Å². The molecule has 5 nitrogen and oxygen atoms in total. The van der Waals surface area contributed by atoms with E-state index >= 15 is 0 Å². The Bertz CT molecular complexity index is 979. The summed E-state index contributed by atoms with van der Waals surface area (Å²) in [7, 11) is 3.21. The lowest BCUT2D eigenvalue weighted by Gasteiger charge is -2.14. The van der Waals surface area contributed by atoms with Gasteiger partial charge in [0.15, 0.2) is 17.0 Å². The Morgan fingerprint density at radius 3 is 2.44 bits per heavy atom. The maximum Gasteiger partial charge on any atom is 0.299 e. The SMILES string of the molecule is COc1cc2nc(SC(C)C)[n+](Cc3ccccc3Cl)c(N)c2cc1OC. The van der Waals surface area contributed by atoms with Gasteiger partial charge in [0.25, 0.3) is 5.16 Å². The van der Waals surface area contributed by atoms with Crippen LogP contribution in [0, 0.1) is 0 Å². The van der Waals surface area contributed by atoms with Crippen LogP contribution in [0.1, 0.15) is 19.4 Å². The normalized spacial score (nSPS) is 11.2. The van der Waals surface area contributed by atoms with E-state index in [1.165, 1.54) is 0 Å². The van der Waals surface area contributed by atoms with Gasteiger partial charge in [-0.05, 0) is 17.8 Å². The van der Waals surface area contributed by atoms with Crippen molar-refractivity contribution in [2.24, 2.45) is 0 Å². The largest absolute Gasteiger partial charge is 0.493 e. The van der Waals surface area contributed by atoms with Crippen molar-refractivity contribution in [3.8, 4) is 11.5 Å². The average Bonchev–Trinajstić information content (AvgIpc) is 2.65. The zero-order chi connectivity index (χ0) is 19.6. The Morgan fingerprint density at radius 2 is 1.81 bits per heavy atom. The van der Waals surface area contributed by atoms with Gasteiger partial charge in [0.2, 0.25) is 5.82 Å². The highest BCUT2D eigenvalue weighted by molar-refractivity contribution is 7.99. The third kappa shape index (κ3) is 4.06. The monoisotopic (exact) mass is 404 g/mol. The summed E-state index contributed by atoms with van der Waals surface area (Å²) >= 11 is 8.03. The first-order valence-corrected chi connectivity index (χ1v) is 9.85. The Hall–Kier alpha value is -2.18. The predicted molar refractivity (Wildman–Crippen MR) is 111 cm³/mol. The van der Waals surface area contributed by atoms with E-state index in [0.717, 1.165) is 21.6 Å². The Kier molecular flexibility index (Phi) is 5.97. The van der Waals surface area contributed by atoms with Crippen LogP contribution in [0.3, 0.4) is 0 Å². The van der Waals surface area contributed by atoms with E-state index in [2.05, 4.69) is 13.8 Å². The van der Waals surface area contributed by atoms with Crippen molar-refractivity contribution in [1.29, 1.82) is 0 Å². The molecule has 0 saturated carbocycles. The minimum absolute atomic E-state index is 0.354. The van der Waals surface area contributed by atoms with Crippen molar-refractivity contribution in [2.45, 2.75) is 30.8 Å². The predicted octanol–water partition coefficient (Wildman–Crippen LogP) is 4.32. The number of fused-ring (bicyclic) bond motifs is 1. The third-order valence-corrected chi connectivity index (χ3v) is 5.51. The van der Waals surface area contributed by atoms with Gasteiger partial charge in [-0.2, -0.15) is 0 Å². The lowest BCUT2D eigenvalue weighted by Crippen LogP contribution is -2.41. The fourth-order valence-electron chi connectivity index (χ4n) is 2.83. The van der Waals surface area contributed by atoms with Crippen LogP contribution in [0.15, 0.2) is 41.6 Å². The molecule has 0 atom stereocenters. The van der Waals surface area contributed by atoms with E-state index in [-0.39, 0.29) is 0 Å². The number of thioether (sulfide) groups is 1. The van der Waals surface area contributed by atoms with E-state index in [1.807, 2.05) is 41.0 Å². The quantitative estimate of drug-likeness (QED) is 0.376. The topological polar surface area (TPSA) is 61.2 Å². The summed E-state index contributed by atoms with van der Waals surface area (Å²) in [5.41, 5.74) is 8.34. The van der Waals surface area contributed by atoms with Gasteiger partial charge in [0.05, 0.1) is 26.2 Å². The first-order chi connectivity index (χ1) is 12.9. The Morgan fingerprint density at radius 1 is 1.15 bits per heavy atom. The molecule has 0 amide bonds. The number of nitrogens with zero attached hydrogens (tertiary/aromatic N) is 2. The number of rotatable bonds is 6. The first kappa shape index (κ1) is 19.6. The molecule has 0 unspecified atom stereocenters. The summed E-state index contributed by atoms with van der Waals surface area (Å²) in [6.07, 6.45) is 0. The van der Waals surface area contributed by atoms with Gasteiger partial charge in [-0.15, -0.1) is 0 Å². The molecule has 1 aromatic heterocycles. The van der Waals surface area contributed by atoms with Crippen LogP contribution in [-0.4, -0.2) is 24.5 Å². The molecule has 142 valence electrons. The number of nitrogen functional groups attached to an aromatic ring is 1. The zero-order valence-corrected chi connectivity index (χ0v) is 17.4. The molecule has 2 aromatic carbocycles. The van der Waals surface area contributed by atoms with Gasteiger partial charge < -0.3 is 15.2 Å². The second-order valence-electron chi connectivity index (χ2n) is 6.35. The summed E-state index contributed by atoms with van der Waals surface area (Å²) in [4.78, 5) is 4.85. The number of hydrogen-bond donors (Lipinski definition) is 1. The summed E-state index contributed by atoms with van der Waals surface area (Å²) in [6.45, 7) is 4.79. The van der Waals surface area contributed by atoms with Crippen molar-refractivity contribution in [2.75, 3.05) is 20.0 Å². The highest BCUT2D eigenvalue weighted by Gasteiger charge is 2.23. The third-order valence-electron chi connectivity index (χ3n) is 4.14. The number of nitrogens with two attached hydrogens (primary N) is 1. The van der Waals surface area contributed by atoms with Crippen LogP contribution < -0.4 is 19.8 Å². The molecular weight excluding hydrogens is 382 g/mol. The highest BCUT2D eigenvalue weighted by Crippen LogP contribution is 2.34. The number of benzene rings is 2. The maximum absolute atomic E-state index is 6.58. The summed E-state index contributed by atoms with van der Waals surface area (Å²) < 4.78 is 12.8. The molecule has 0 fully saturated rings. The molecule has 27 heavy (non-hydrogen) atoms. The molecule has 0 aliphatic heterocycles. The van der Waals surface area contributed by atoms with Crippen molar-refractivity contribution < 1.29 is 14.0 Å². The Balaban J connectivity index is 2.22. The highest BCUT2D eigenvalue weighted by atomic mass is 35.5. The fourth-order valence-corrected chi connectivity index (χ4v) is 3.89. The van der Waals surface area contributed by atoms with Crippen LogP contribution in [0.4, 0.5) is 5.82 Å². The molecule has 0 spiro atoms. The van der Waals surface area contributed by atoms with Crippen molar-refractivity contribution in [1.82, 2.24) is 4.98 Å². The van der Waals surface area contributed by atoms with Crippen LogP contribution >= 0.6 is 23.4 Å². The maximum atomic E-state index is 6.58. The lowest BCUT2D eigenvalue weighted by atomic mass is 10.2. The van der Waals surface area contributed by atoms with Crippen molar-refractivity contribution >= 4 is 40.1 Å². The standard InChI is InChI=1S/C20H22ClN3O2S/c1-12(2)27-20-23-16-10-18(26-4)17(25-3)9-14(16)19(22)24(20)11-13-7-5-6-8-15(13)21/h5-10,12,22H,11H2,1-4H3/p+1. The fraction of sp³-hybridized carbons (Fsp3) is 0.300. The molecule has 7 heteroatoms. The number of methoxy groups -OCH3 is 2. The molecule has 0 aliphatic carbocycles. The number of ether oxygens (including phenoxy) is 2. The number of aromatic nitrogens is 2. The van der Waals surface area contributed by atoms with Gasteiger partial charge in [-0.3, -0.25) is 0 Å². The van der Waals surface area contributed by atoms with Gasteiger partial charge in [0, 0.05) is 28.0 Å². The van der Waals surface area contributed by atoms with Crippen LogP contribution in [-0.2, 0) is 6.54 Å². The lowest BCUT2D eigenvalue weighted by molar-refractivity contribution is -0.713. The average molecular weight is 405 g/mol. The van der Waals surface area contributed by atoms with Gasteiger partial charge in [-0.1, -0.05) is 48.6 Å². The summed E-state index contributed by atoms with van der Waals surface area (Å²) in [5.74, 6) is 1.86. The second-order valence-corrected chi connectivity index (χ2v) is 8.30. The molecular formula is C20H23ClN3O2S+. The number of halogens is 1. The first-order valence-electron chi connectivity index (χ1n) is 8.59. The second kappa shape index (κ2) is 8.23. The van der Waals surface area contributed by atoms with Crippen molar-refractivity contribution in [3.05, 3.63) is 47.0 Å². The van der Waals surface area contributed by atoms with E-state index in [9.17, 15) is 0 Å². The smallest absolute Gasteiger partial charge is 0.299 e. The van der Waals surface area contributed by atoms with E-state index < -0.39 is 0 Å². The minimum atomic E-state index is 0.354. The van der Waals surface area contributed by atoms with E-state index in [1.54, 1.807) is 26.0 Å². The number of hydrogen-bond acceptors (Lipinski definition) is 5. The van der Waals surface area contributed by atoms with Gasteiger partial charge in [0.1, 0.15) is 0 Å². The molecule has 3 aromatic rings. The summed E-state index contributed by atoms with van der Waals surface area (Å²) in [5, 5.41) is 2.71. The van der Waals surface area contributed by atoms with Crippen LogP contribution in [0.25, 0.3) is 10.9 Å². The van der Waals surface area contributed by atoms with Gasteiger partial charge >= 0.3 is 0 Å². The summed E-state index contributed by atoms with van der Waals surface area (Å²) in [6, 6.07) is 11.5. The Labute approximate surface area is 168 Å². The zero-order valence-electron chi connectivity index (χ0n) is 15.8. The molecule has 2 N–H and O–H groups in total. The molecule has 0 radical (unpaired) electrons. The van der Waals surface area contributed by atoms with E-state index in [0.29, 0.717) is 34.1 Å². The minimum Gasteiger partial charge on any atom is -0.493 e. The van der Waals surface area contributed by atoms with E-state index in [4.69, 9.17) is 31.8 Å². The molecule has 0 saturated heterocycles. The molecule has 3 rings (SSSR count). The number of anilines is 1. The van der Waals surface area contributed by atoms with Crippen molar-refractivity contribution in [3.63, 3.8) is 0 Å².